The van der Waals surface area contributed by atoms with Gasteiger partial charge in [-0.25, -0.2) is 8.42 Å². The van der Waals surface area contributed by atoms with Crippen molar-refractivity contribution in [2.45, 2.75) is 25.7 Å². The normalized spacial score (nSPS) is 11.6. The van der Waals surface area contributed by atoms with Crippen LogP contribution < -0.4 is 10.3 Å². The number of H-pyrrole nitrogens is 1. The van der Waals surface area contributed by atoms with Gasteiger partial charge in [-0.15, -0.1) is 0 Å². The van der Waals surface area contributed by atoms with Gasteiger partial charge in [0.25, 0.3) is 10.0 Å². The monoisotopic (exact) mass is 342 g/mol. The van der Waals surface area contributed by atoms with Gasteiger partial charge in [-0.1, -0.05) is 12.1 Å². The van der Waals surface area contributed by atoms with Crippen LogP contribution in [0.5, 0.6) is 0 Å². The molecule has 0 aliphatic carbocycles. The molecule has 3 rings (SSSR count). The van der Waals surface area contributed by atoms with E-state index in [0.717, 1.165) is 16.5 Å². The van der Waals surface area contributed by atoms with Crippen LogP contribution in [0.1, 0.15) is 16.7 Å². The topological polar surface area (TPSA) is 79.0 Å². The molecule has 1 heterocycles. The number of pyridine rings is 1. The summed E-state index contributed by atoms with van der Waals surface area (Å²) in [7, 11) is -3.71. The molecule has 3 aromatic rings. The minimum absolute atomic E-state index is 0.171. The molecule has 0 saturated carbocycles. The summed E-state index contributed by atoms with van der Waals surface area (Å²) >= 11 is 0. The van der Waals surface area contributed by atoms with E-state index >= 15 is 0 Å². The van der Waals surface area contributed by atoms with E-state index in [4.69, 9.17) is 0 Å². The van der Waals surface area contributed by atoms with Crippen molar-refractivity contribution in [1.29, 1.82) is 0 Å². The van der Waals surface area contributed by atoms with Crippen LogP contribution in [-0.4, -0.2) is 13.4 Å². The van der Waals surface area contributed by atoms with Gasteiger partial charge in [0, 0.05) is 17.1 Å². The van der Waals surface area contributed by atoms with Gasteiger partial charge in [0.1, 0.15) is 0 Å². The van der Waals surface area contributed by atoms with Gasteiger partial charge in [0.05, 0.1) is 10.4 Å². The lowest BCUT2D eigenvalue weighted by atomic mass is 10.1. The molecular weight excluding hydrogens is 324 g/mol. The van der Waals surface area contributed by atoms with Crippen molar-refractivity contribution in [1.82, 2.24) is 4.98 Å². The van der Waals surface area contributed by atoms with Gasteiger partial charge in [-0.2, -0.15) is 0 Å². The number of aromatic nitrogens is 1. The lowest BCUT2D eigenvalue weighted by Gasteiger charge is -2.12. The SMILES string of the molecule is Cc1cccc(NS(=O)(=O)c2cc(C)c3[nH]c(=O)cc(C)c3c2)c1. The number of benzene rings is 2. The van der Waals surface area contributed by atoms with Crippen molar-refractivity contribution in [2.75, 3.05) is 4.72 Å². The van der Waals surface area contributed by atoms with Crippen LogP contribution in [0.25, 0.3) is 10.9 Å². The van der Waals surface area contributed by atoms with Gasteiger partial charge < -0.3 is 4.98 Å². The summed E-state index contributed by atoms with van der Waals surface area (Å²) in [4.78, 5) is 14.6. The first-order chi connectivity index (χ1) is 11.3. The molecular formula is C18H18N2O3S. The van der Waals surface area contributed by atoms with E-state index < -0.39 is 10.0 Å². The molecule has 124 valence electrons. The first-order valence-corrected chi connectivity index (χ1v) is 8.98. The molecule has 6 heteroatoms. The first-order valence-electron chi connectivity index (χ1n) is 7.50. The number of hydrogen-bond donors (Lipinski definition) is 2. The van der Waals surface area contributed by atoms with Crippen molar-refractivity contribution in [3.8, 4) is 0 Å². The van der Waals surface area contributed by atoms with Crippen LogP contribution in [0.2, 0.25) is 0 Å². The zero-order valence-corrected chi connectivity index (χ0v) is 14.5. The first kappa shape index (κ1) is 16.3. The highest BCUT2D eigenvalue weighted by molar-refractivity contribution is 7.92. The Morgan fingerprint density at radius 2 is 1.71 bits per heavy atom. The Balaban J connectivity index is 2.13. The number of sulfonamides is 1. The number of aryl methyl sites for hydroxylation is 3. The predicted octanol–water partition coefficient (Wildman–Crippen LogP) is 3.25. The number of anilines is 1. The smallest absolute Gasteiger partial charge is 0.261 e. The molecule has 0 unspecified atom stereocenters. The summed E-state index contributed by atoms with van der Waals surface area (Å²) in [5.74, 6) is 0. The van der Waals surface area contributed by atoms with Crippen LogP contribution in [0.15, 0.2) is 52.2 Å². The maximum Gasteiger partial charge on any atom is 0.261 e. The standard InChI is InChI=1S/C18H18N2O3S/c1-11-5-4-6-14(7-11)20-24(22,23)15-8-13(3)18-16(10-15)12(2)9-17(21)19-18/h4-10,20H,1-3H3,(H,19,21). The van der Waals surface area contributed by atoms with Gasteiger partial charge in [0.15, 0.2) is 0 Å². The van der Waals surface area contributed by atoms with Crippen molar-refractivity contribution in [3.63, 3.8) is 0 Å². The average molecular weight is 342 g/mol. The van der Waals surface area contributed by atoms with E-state index in [0.29, 0.717) is 16.8 Å². The number of fused-ring (bicyclic) bond motifs is 1. The summed E-state index contributed by atoms with van der Waals surface area (Å²) in [6.07, 6.45) is 0. The lowest BCUT2D eigenvalue weighted by Crippen LogP contribution is -2.14. The average Bonchev–Trinajstić information content (AvgIpc) is 2.47. The maximum absolute atomic E-state index is 12.7. The summed E-state index contributed by atoms with van der Waals surface area (Å²) in [5.41, 5.74) is 3.40. The second-order valence-corrected chi connectivity index (χ2v) is 7.64. The Morgan fingerprint density at radius 1 is 0.958 bits per heavy atom. The lowest BCUT2D eigenvalue weighted by molar-refractivity contribution is 0.601. The molecule has 0 bridgehead atoms. The fourth-order valence-corrected chi connectivity index (χ4v) is 3.90. The molecule has 0 aliphatic heterocycles. The van der Waals surface area contributed by atoms with Crippen LogP contribution in [-0.2, 0) is 10.0 Å². The molecule has 0 aliphatic rings. The minimum atomic E-state index is -3.71. The summed E-state index contributed by atoms with van der Waals surface area (Å²) in [5, 5.41) is 0.721. The van der Waals surface area contributed by atoms with E-state index in [1.165, 1.54) is 6.07 Å². The van der Waals surface area contributed by atoms with Gasteiger partial charge in [-0.3, -0.25) is 9.52 Å². The van der Waals surface area contributed by atoms with E-state index in [1.54, 1.807) is 44.2 Å². The van der Waals surface area contributed by atoms with Crippen molar-refractivity contribution < 1.29 is 8.42 Å². The molecule has 0 fully saturated rings. The van der Waals surface area contributed by atoms with Crippen LogP contribution in [0.4, 0.5) is 5.69 Å². The molecule has 0 amide bonds. The van der Waals surface area contributed by atoms with E-state index in [2.05, 4.69) is 9.71 Å². The number of hydrogen-bond acceptors (Lipinski definition) is 3. The predicted molar refractivity (Wildman–Crippen MR) is 96.0 cm³/mol. The van der Waals surface area contributed by atoms with Gasteiger partial charge in [-0.05, 0) is 61.7 Å². The summed E-state index contributed by atoms with van der Waals surface area (Å²) in [6, 6.07) is 11.8. The fraction of sp³-hybridized carbons (Fsp3) is 0.167. The number of aromatic amines is 1. The van der Waals surface area contributed by atoms with Gasteiger partial charge in [0.2, 0.25) is 5.56 Å². The minimum Gasteiger partial charge on any atom is -0.322 e. The van der Waals surface area contributed by atoms with E-state index in [1.807, 2.05) is 13.0 Å². The Bertz CT molecular complexity index is 1100. The zero-order valence-electron chi connectivity index (χ0n) is 13.7. The second-order valence-electron chi connectivity index (χ2n) is 5.95. The molecule has 0 spiro atoms. The van der Waals surface area contributed by atoms with Crippen LogP contribution >= 0.6 is 0 Å². The summed E-state index contributed by atoms with van der Waals surface area (Å²) in [6.45, 7) is 5.47. The molecule has 2 aromatic carbocycles. The third-order valence-electron chi connectivity index (χ3n) is 3.91. The highest BCUT2D eigenvalue weighted by atomic mass is 32.2. The third kappa shape index (κ3) is 3.05. The van der Waals surface area contributed by atoms with E-state index in [-0.39, 0.29) is 10.5 Å². The van der Waals surface area contributed by atoms with Crippen molar-refractivity contribution >= 4 is 26.6 Å². The molecule has 0 radical (unpaired) electrons. The Morgan fingerprint density at radius 3 is 2.42 bits per heavy atom. The Kier molecular flexibility index (Phi) is 3.93. The number of nitrogens with one attached hydrogen (secondary N) is 2. The molecule has 0 atom stereocenters. The van der Waals surface area contributed by atoms with Crippen molar-refractivity contribution in [2.24, 2.45) is 0 Å². The van der Waals surface area contributed by atoms with Crippen LogP contribution in [0.3, 0.4) is 0 Å². The number of rotatable bonds is 3. The molecule has 5 nitrogen and oxygen atoms in total. The second kappa shape index (κ2) is 5.79. The highest BCUT2D eigenvalue weighted by Gasteiger charge is 2.17. The zero-order chi connectivity index (χ0) is 17.5. The van der Waals surface area contributed by atoms with Crippen molar-refractivity contribution in [3.05, 3.63) is 69.5 Å². The maximum atomic E-state index is 12.7. The largest absolute Gasteiger partial charge is 0.322 e. The Hall–Kier alpha value is -2.60. The highest BCUT2D eigenvalue weighted by Crippen LogP contribution is 2.25. The summed E-state index contributed by atoms with van der Waals surface area (Å²) < 4.78 is 28.0. The van der Waals surface area contributed by atoms with Gasteiger partial charge >= 0.3 is 0 Å². The Labute approximate surface area is 140 Å². The molecule has 0 saturated heterocycles. The third-order valence-corrected chi connectivity index (χ3v) is 5.27. The molecule has 1 aromatic heterocycles. The van der Waals surface area contributed by atoms with Crippen LogP contribution in [0, 0.1) is 20.8 Å². The molecule has 24 heavy (non-hydrogen) atoms. The fourth-order valence-electron chi connectivity index (χ4n) is 2.74. The van der Waals surface area contributed by atoms with E-state index in [9.17, 15) is 13.2 Å². The molecule has 2 N–H and O–H groups in total. The quantitative estimate of drug-likeness (QED) is 0.767.